The third-order valence-electron chi connectivity index (χ3n) is 4.98. The third kappa shape index (κ3) is 7.59. The maximum absolute atomic E-state index is 11.6. The van der Waals surface area contributed by atoms with Crippen molar-refractivity contribution in [2.45, 2.75) is 37.0 Å². The molecule has 0 aliphatic carbocycles. The summed E-state index contributed by atoms with van der Waals surface area (Å²) in [5.41, 5.74) is 12.1. The number of aliphatic hydroxyl groups excluding tert-OH is 2. The first kappa shape index (κ1) is 29.7. The zero-order valence-electron chi connectivity index (χ0n) is 19.1. The standard InChI is InChI=1S/C10H16N6O9P2.C6H9N3O2/c11-8-5-9(13-2-12-8)16(3-14-5)10-7(18)6(17)4(25-10)1-24-27(22,23)15-26(19,20)21;7-5(6(10)11)1-4-2-8-3-9-4/h2-4,6-7,10,17-18H,1H2,(H2,11,12,13)(H4,15,19,20,21,22,23);2-3,5H,1,7H2,(H,8,9)(H,10,11)/t4-,6-,7-,10-;5-/m10/s1. The number of nitrogens with two attached hydrogens (primary N) is 2. The molecule has 4 rings (SSSR count). The Balaban J connectivity index is 0.000000304. The average molecular weight is 581 g/mol. The Hall–Kier alpha value is -2.87. The summed E-state index contributed by atoms with van der Waals surface area (Å²) in [5, 5.41) is 28.7. The van der Waals surface area contributed by atoms with Crippen molar-refractivity contribution < 1.29 is 53.2 Å². The Morgan fingerprint density at radius 3 is 2.55 bits per heavy atom. The van der Waals surface area contributed by atoms with Crippen molar-refractivity contribution in [2.24, 2.45) is 5.73 Å². The lowest BCUT2D eigenvalue weighted by atomic mass is 10.1. The summed E-state index contributed by atoms with van der Waals surface area (Å²) >= 11 is 0. The topological polar surface area (TPSA) is 327 Å². The van der Waals surface area contributed by atoms with Crippen LogP contribution in [0, 0.1) is 0 Å². The highest BCUT2D eigenvalue weighted by Crippen LogP contribution is 2.49. The monoisotopic (exact) mass is 581 g/mol. The van der Waals surface area contributed by atoms with Crippen molar-refractivity contribution in [3.63, 3.8) is 0 Å². The molecule has 0 amide bonds. The number of carbonyl (C=O) groups is 1. The molecule has 1 unspecified atom stereocenters. The van der Waals surface area contributed by atoms with Crippen molar-refractivity contribution in [3.8, 4) is 0 Å². The number of anilines is 1. The van der Waals surface area contributed by atoms with E-state index in [1.807, 2.05) is 0 Å². The highest BCUT2D eigenvalue weighted by molar-refractivity contribution is 7.66. The van der Waals surface area contributed by atoms with Crippen molar-refractivity contribution in [3.05, 3.63) is 30.9 Å². The lowest BCUT2D eigenvalue weighted by Crippen LogP contribution is -2.34. The second-order valence-electron chi connectivity index (χ2n) is 7.82. The van der Waals surface area contributed by atoms with Gasteiger partial charge in [0.15, 0.2) is 17.7 Å². The number of nitrogens with one attached hydrogen (secondary N) is 2. The maximum Gasteiger partial charge on any atom is 0.412 e. The number of carboxylic acid groups (broad SMARTS) is 1. The van der Waals surface area contributed by atoms with Gasteiger partial charge in [0.1, 0.15) is 36.2 Å². The van der Waals surface area contributed by atoms with Gasteiger partial charge in [-0.3, -0.25) is 13.9 Å². The number of fused-ring (bicyclic) bond motifs is 1. The van der Waals surface area contributed by atoms with E-state index in [2.05, 4.69) is 29.4 Å². The molecule has 4 heterocycles. The van der Waals surface area contributed by atoms with Gasteiger partial charge in [0.25, 0.3) is 0 Å². The van der Waals surface area contributed by atoms with Gasteiger partial charge in [-0.15, -0.1) is 4.86 Å². The maximum atomic E-state index is 11.6. The van der Waals surface area contributed by atoms with Crippen LogP contribution in [0.2, 0.25) is 0 Å². The summed E-state index contributed by atoms with van der Waals surface area (Å²) in [6.07, 6.45) is 0.265. The van der Waals surface area contributed by atoms with Crippen LogP contribution in [0.3, 0.4) is 0 Å². The Morgan fingerprint density at radius 1 is 1.24 bits per heavy atom. The number of ether oxygens (including phenoxy) is 1. The SMILES string of the molecule is N[C@@H](Cc1cnc[nH]1)C(=O)O.Nc1ncnc2c1ncn2[C@@H]1O[C@H](COP(=O)(O)NP(=O)(O)O)[C@@H](O)[C@H]1O. The Bertz CT molecular complexity index is 1330. The van der Waals surface area contributed by atoms with Crippen molar-refractivity contribution in [1.82, 2.24) is 34.3 Å². The molecule has 20 nitrogen and oxygen atoms in total. The average Bonchev–Trinajstić information content (AvgIpc) is 3.53. The minimum atomic E-state index is -5.04. The van der Waals surface area contributed by atoms with Gasteiger partial charge < -0.3 is 51.2 Å². The van der Waals surface area contributed by atoms with Crippen LogP contribution >= 0.6 is 15.5 Å². The molecule has 38 heavy (non-hydrogen) atoms. The van der Waals surface area contributed by atoms with Crippen LogP contribution in [0.5, 0.6) is 0 Å². The molecule has 1 aliphatic rings. The van der Waals surface area contributed by atoms with Gasteiger partial charge in [0, 0.05) is 18.3 Å². The van der Waals surface area contributed by atoms with E-state index in [9.17, 15) is 29.0 Å². The predicted molar refractivity (Wildman–Crippen MR) is 125 cm³/mol. The first-order valence-electron chi connectivity index (χ1n) is 10.4. The fourth-order valence-electron chi connectivity index (χ4n) is 3.24. The van der Waals surface area contributed by atoms with E-state index >= 15 is 0 Å². The van der Waals surface area contributed by atoms with Gasteiger partial charge >= 0.3 is 21.5 Å². The minimum Gasteiger partial charge on any atom is -0.480 e. The second kappa shape index (κ2) is 11.9. The summed E-state index contributed by atoms with van der Waals surface area (Å²) in [5.74, 6) is -0.906. The number of nitrogen functional groups attached to an aromatic ring is 1. The molecule has 1 saturated heterocycles. The first-order valence-corrected chi connectivity index (χ1v) is 13.6. The molecule has 22 heteroatoms. The summed E-state index contributed by atoms with van der Waals surface area (Å²) < 4.78 is 33.6. The molecule has 0 spiro atoms. The summed E-state index contributed by atoms with van der Waals surface area (Å²) in [6, 6.07) is -0.851. The minimum absolute atomic E-state index is 0.0939. The number of nitrogens with zero attached hydrogens (tertiary/aromatic N) is 5. The molecule has 3 aromatic rings. The van der Waals surface area contributed by atoms with Gasteiger partial charge in [0.05, 0.1) is 19.3 Å². The van der Waals surface area contributed by atoms with Crippen LogP contribution in [0.1, 0.15) is 11.9 Å². The van der Waals surface area contributed by atoms with Crippen LogP contribution in [0.15, 0.2) is 25.2 Å². The van der Waals surface area contributed by atoms with E-state index in [-0.39, 0.29) is 23.4 Å². The number of aromatic amines is 1. The first-order chi connectivity index (χ1) is 17.7. The Kier molecular flexibility index (Phi) is 9.29. The van der Waals surface area contributed by atoms with Gasteiger partial charge in [-0.25, -0.2) is 29.1 Å². The molecule has 1 fully saturated rings. The van der Waals surface area contributed by atoms with Gasteiger partial charge in [-0.2, -0.15) is 0 Å². The molecule has 0 aromatic carbocycles. The van der Waals surface area contributed by atoms with Gasteiger partial charge in [-0.1, -0.05) is 0 Å². The zero-order chi connectivity index (χ0) is 28.3. The van der Waals surface area contributed by atoms with Crippen LogP contribution in [0.4, 0.5) is 5.82 Å². The van der Waals surface area contributed by atoms with E-state index < -0.39 is 58.7 Å². The number of aromatic nitrogens is 6. The van der Waals surface area contributed by atoms with Crippen molar-refractivity contribution >= 4 is 38.4 Å². The highest BCUT2D eigenvalue weighted by Gasteiger charge is 2.45. The molecular formula is C16H25N9O11P2. The van der Waals surface area contributed by atoms with E-state index in [0.717, 1.165) is 10.6 Å². The number of hydrogen-bond acceptors (Lipinski definition) is 13. The zero-order valence-corrected chi connectivity index (χ0v) is 20.9. The summed E-state index contributed by atoms with van der Waals surface area (Å²) in [7, 11) is -9.92. The van der Waals surface area contributed by atoms with E-state index in [0.29, 0.717) is 0 Å². The molecular weight excluding hydrogens is 556 g/mol. The van der Waals surface area contributed by atoms with Crippen LogP contribution in [-0.2, 0) is 29.6 Å². The lowest BCUT2D eigenvalue weighted by Gasteiger charge is -2.18. The molecule has 3 aromatic heterocycles. The number of aliphatic hydroxyl groups is 2. The molecule has 0 radical (unpaired) electrons. The fraction of sp³-hybridized carbons (Fsp3) is 0.438. The molecule has 1 aliphatic heterocycles. The quantitative estimate of drug-likeness (QED) is 0.114. The van der Waals surface area contributed by atoms with Crippen molar-refractivity contribution in [2.75, 3.05) is 12.3 Å². The number of H-pyrrole nitrogens is 1. The van der Waals surface area contributed by atoms with Gasteiger partial charge in [-0.05, 0) is 0 Å². The number of imidazole rings is 2. The molecule has 0 bridgehead atoms. The van der Waals surface area contributed by atoms with Crippen LogP contribution < -0.4 is 16.3 Å². The lowest BCUT2D eigenvalue weighted by molar-refractivity contribution is -0.138. The third-order valence-corrected chi connectivity index (χ3v) is 7.53. The smallest absolute Gasteiger partial charge is 0.412 e. The summed E-state index contributed by atoms with van der Waals surface area (Å²) in [4.78, 5) is 56.3. The molecule has 210 valence electrons. The predicted octanol–water partition coefficient (Wildman–Crippen LogP) is -2.81. The highest BCUT2D eigenvalue weighted by atomic mass is 31.3. The molecule has 6 atom stereocenters. The number of rotatable bonds is 9. The molecule has 12 N–H and O–H groups in total. The van der Waals surface area contributed by atoms with E-state index in [4.69, 9.17) is 31.1 Å². The number of aliphatic carboxylic acids is 1. The fourth-order valence-corrected chi connectivity index (χ4v) is 5.14. The van der Waals surface area contributed by atoms with E-state index in [1.165, 1.54) is 23.5 Å². The van der Waals surface area contributed by atoms with E-state index in [1.54, 1.807) is 6.20 Å². The Labute approximate surface area is 212 Å². The number of hydrogen-bond donors (Lipinski definition) is 10. The van der Waals surface area contributed by atoms with Crippen molar-refractivity contribution in [1.29, 1.82) is 0 Å². The van der Waals surface area contributed by atoms with Gasteiger partial charge in [0.2, 0.25) is 0 Å². The summed E-state index contributed by atoms with van der Waals surface area (Å²) in [6.45, 7) is -0.751. The normalized spacial score (nSPS) is 23.9. The second-order valence-corrected chi connectivity index (χ2v) is 11.0. The Morgan fingerprint density at radius 2 is 1.95 bits per heavy atom. The van der Waals surface area contributed by atoms with Crippen LogP contribution in [-0.4, -0.2) is 96.4 Å². The van der Waals surface area contributed by atoms with Crippen LogP contribution in [0.25, 0.3) is 11.2 Å². The molecule has 0 saturated carbocycles. The number of carboxylic acids is 1. The largest absolute Gasteiger partial charge is 0.480 e.